The smallest absolute Gasteiger partial charge is 0.278 e. The van der Waals surface area contributed by atoms with E-state index in [4.69, 9.17) is 11.6 Å². The second-order valence-corrected chi connectivity index (χ2v) is 10.2. The molecule has 0 amide bonds. The van der Waals surface area contributed by atoms with Gasteiger partial charge in [0, 0.05) is 62.5 Å². The van der Waals surface area contributed by atoms with Gasteiger partial charge in [0.05, 0.1) is 17.9 Å². The molecule has 0 saturated heterocycles. The van der Waals surface area contributed by atoms with Crippen molar-refractivity contribution in [3.63, 3.8) is 0 Å². The molecule has 0 radical (unpaired) electrons. The first kappa shape index (κ1) is 23.9. The van der Waals surface area contributed by atoms with Crippen molar-refractivity contribution in [1.29, 1.82) is 0 Å². The monoisotopic (exact) mass is 518 g/mol. The highest BCUT2D eigenvalue weighted by Gasteiger charge is 2.17. The highest BCUT2D eigenvalue weighted by atomic mass is 35.5. The molecule has 0 aliphatic heterocycles. The van der Waals surface area contributed by atoms with Crippen LogP contribution in [0.2, 0.25) is 5.02 Å². The van der Waals surface area contributed by atoms with Crippen LogP contribution in [-0.4, -0.2) is 34.8 Å². The first-order chi connectivity index (χ1) is 17.3. The summed E-state index contributed by atoms with van der Waals surface area (Å²) in [4.78, 5) is 23.4. The average molecular weight is 519 g/mol. The Morgan fingerprint density at radius 2 is 1.89 bits per heavy atom. The lowest BCUT2D eigenvalue weighted by molar-refractivity contribution is 0.687. The van der Waals surface area contributed by atoms with Gasteiger partial charge in [-0.25, -0.2) is 9.97 Å². The summed E-state index contributed by atoms with van der Waals surface area (Å²) in [6.07, 6.45) is 3.23. The van der Waals surface area contributed by atoms with E-state index in [1.807, 2.05) is 50.4 Å². The molecular formula is C26H23ClN6O2S. The van der Waals surface area contributed by atoms with E-state index in [1.54, 1.807) is 46.0 Å². The fraction of sp³-hybridized carbons (Fsp3) is 0.154. The first-order valence-corrected chi connectivity index (χ1v) is 13.1. The lowest BCUT2D eigenvalue weighted by atomic mass is 10.1. The number of nitrogens with one attached hydrogen (secondary N) is 1. The number of rotatable bonds is 6. The number of benzene rings is 2. The Morgan fingerprint density at radius 3 is 2.61 bits per heavy atom. The van der Waals surface area contributed by atoms with E-state index in [2.05, 4.69) is 20.4 Å². The molecule has 182 valence electrons. The molecule has 3 heterocycles. The van der Waals surface area contributed by atoms with Crippen LogP contribution in [0.1, 0.15) is 11.4 Å². The van der Waals surface area contributed by atoms with E-state index >= 15 is 0 Å². The van der Waals surface area contributed by atoms with Crippen molar-refractivity contribution < 1.29 is 4.21 Å². The van der Waals surface area contributed by atoms with Crippen LogP contribution in [-0.2, 0) is 24.4 Å². The van der Waals surface area contributed by atoms with Crippen molar-refractivity contribution in [1.82, 2.24) is 24.3 Å². The summed E-state index contributed by atoms with van der Waals surface area (Å²) in [6.45, 7) is 2.22. The van der Waals surface area contributed by atoms with Gasteiger partial charge >= 0.3 is 0 Å². The number of pyridine rings is 1. The van der Waals surface area contributed by atoms with E-state index < -0.39 is 10.8 Å². The number of hydrogen-bond acceptors (Lipinski definition) is 6. The van der Waals surface area contributed by atoms with Gasteiger partial charge in [-0.2, -0.15) is 5.10 Å². The van der Waals surface area contributed by atoms with Crippen molar-refractivity contribution in [3.8, 4) is 11.3 Å². The zero-order chi connectivity index (χ0) is 25.4. The van der Waals surface area contributed by atoms with E-state index in [9.17, 15) is 9.00 Å². The fourth-order valence-corrected chi connectivity index (χ4v) is 4.79. The number of fused-ring (bicyclic) bond motifs is 1. The molecule has 36 heavy (non-hydrogen) atoms. The van der Waals surface area contributed by atoms with E-state index in [1.165, 1.54) is 0 Å². The van der Waals surface area contributed by atoms with Crippen molar-refractivity contribution in [2.75, 3.05) is 11.6 Å². The number of anilines is 2. The molecule has 1 N–H and O–H groups in total. The molecule has 0 aliphatic rings. The summed E-state index contributed by atoms with van der Waals surface area (Å²) >= 11 is 6.52. The standard InChI is InChI=1S/C26H23ClN6O2S/c1-16-11-19(31-32(16)2)15-33-23(21-9-4-5-10-22(21)27)12-17-14-28-26(30-24(17)25(33)34)29-18-7-6-8-20(13-18)36(3)35/h4-14H,15H2,1-3H3,(H,28,29,30). The maximum atomic E-state index is 13.8. The summed E-state index contributed by atoms with van der Waals surface area (Å²) in [5.41, 5.74) is 3.80. The molecule has 3 aromatic heterocycles. The maximum Gasteiger partial charge on any atom is 0.278 e. The molecule has 5 aromatic rings. The quantitative estimate of drug-likeness (QED) is 0.350. The zero-order valence-electron chi connectivity index (χ0n) is 19.9. The predicted octanol–water partition coefficient (Wildman–Crippen LogP) is 4.68. The van der Waals surface area contributed by atoms with Crippen molar-refractivity contribution in [2.24, 2.45) is 7.05 Å². The second kappa shape index (κ2) is 9.67. The van der Waals surface area contributed by atoms with Gasteiger partial charge in [0.25, 0.3) is 5.56 Å². The minimum Gasteiger partial charge on any atom is -0.324 e. The zero-order valence-corrected chi connectivity index (χ0v) is 21.5. The lowest BCUT2D eigenvalue weighted by Gasteiger charge is -2.15. The average Bonchev–Trinajstić information content (AvgIpc) is 3.18. The van der Waals surface area contributed by atoms with Crippen LogP contribution >= 0.6 is 11.6 Å². The van der Waals surface area contributed by atoms with Gasteiger partial charge < -0.3 is 9.88 Å². The molecule has 0 bridgehead atoms. The van der Waals surface area contributed by atoms with E-state index in [0.717, 1.165) is 17.0 Å². The Hall–Kier alpha value is -3.82. The summed E-state index contributed by atoms with van der Waals surface area (Å²) < 4.78 is 15.3. The molecule has 8 nitrogen and oxygen atoms in total. The van der Waals surface area contributed by atoms with Crippen LogP contribution in [0.4, 0.5) is 11.6 Å². The molecule has 0 fully saturated rings. The minimum atomic E-state index is -1.12. The van der Waals surface area contributed by atoms with Crippen LogP contribution < -0.4 is 10.9 Å². The number of aromatic nitrogens is 5. The highest BCUT2D eigenvalue weighted by molar-refractivity contribution is 7.84. The van der Waals surface area contributed by atoms with Crippen LogP contribution in [0.25, 0.3) is 22.2 Å². The summed E-state index contributed by atoms with van der Waals surface area (Å²) in [6, 6.07) is 18.4. The van der Waals surface area contributed by atoms with Crippen molar-refractivity contribution in [3.05, 3.63) is 93.6 Å². The number of aryl methyl sites for hydroxylation is 2. The topological polar surface area (TPSA) is 94.7 Å². The molecule has 0 saturated carbocycles. The van der Waals surface area contributed by atoms with Gasteiger partial charge in [-0.1, -0.05) is 35.9 Å². The summed E-state index contributed by atoms with van der Waals surface area (Å²) in [5, 5.41) is 8.78. The number of halogens is 1. The molecule has 1 unspecified atom stereocenters. The normalized spacial score (nSPS) is 12.1. The molecule has 10 heteroatoms. The van der Waals surface area contributed by atoms with Gasteiger partial charge in [-0.05, 0) is 43.3 Å². The SMILES string of the molecule is Cc1cc(Cn2c(-c3ccccc3Cl)cc3cnc(Nc4cccc(S(C)=O)c4)nc3c2=O)nn1C. The first-order valence-electron chi connectivity index (χ1n) is 11.2. The molecule has 0 aliphatic carbocycles. The van der Waals surface area contributed by atoms with Gasteiger partial charge in [0.15, 0.2) is 0 Å². The van der Waals surface area contributed by atoms with Crippen LogP contribution in [0.5, 0.6) is 0 Å². The molecule has 0 spiro atoms. The van der Waals surface area contributed by atoms with E-state index in [0.29, 0.717) is 26.7 Å². The third-order valence-corrected chi connectivity index (χ3v) is 7.15. The third kappa shape index (κ3) is 4.67. The summed E-state index contributed by atoms with van der Waals surface area (Å²) in [7, 11) is 0.745. The van der Waals surface area contributed by atoms with Crippen LogP contribution in [0.3, 0.4) is 0 Å². The molecule has 2 aromatic carbocycles. The molecule has 5 rings (SSSR count). The van der Waals surface area contributed by atoms with Crippen molar-refractivity contribution >= 4 is 44.9 Å². The fourth-order valence-electron chi connectivity index (χ4n) is 4.00. The highest BCUT2D eigenvalue weighted by Crippen LogP contribution is 2.29. The van der Waals surface area contributed by atoms with Crippen LogP contribution in [0.15, 0.2) is 76.6 Å². The Morgan fingerprint density at radius 1 is 1.08 bits per heavy atom. The Balaban J connectivity index is 1.64. The summed E-state index contributed by atoms with van der Waals surface area (Å²) in [5.74, 6) is 0.268. The third-order valence-electron chi connectivity index (χ3n) is 5.90. The van der Waals surface area contributed by atoms with Gasteiger partial charge in [0.2, 0.25) is 5.95 Å². The van der Waals surface area contributed by atoms with Gasteiger partial charge in [0.1, 0.15) is 5.52 Å². The molecule has 1 atom stereocenters. The Labute approximate surface area is 215 Å². The minimum absolute atomic E-state index is 0.258. The van der Waals surface area contributed by atoms with Gasteiger partial charge in [-0.15, -0.1) is 0 Å². The number of nitrogens with zero attached hydrogens (tertiary/aromatic N) is 5. The van der Waals surface area contributed by atoms with Crippen molar-refractivity contribution in [2.45, 2.75) is 18.4 Å². The Bertz CT molecular complexity index is 1670. The Kier molecular flexibility index (Phi) is 6.42. The van der Waals surface area contributed by atoms with Crippen LogP contribution in [0, 0.1) is 6.92 Å². The largest absolute Gasteiger partial charge is 0.324 e. The number of hydrogen-bond donors (Lipinski definition) is 1. The lowest BCUT2D eigenvalue weighted by Crippen LogP contribution is -2.24. The van der Waals surface area contributed by atoms with E-state index in [-0.39, 0.29) is 23.6 Å². The molecular weight excluding hydrogens is 496 g/mol. The van der Waals surface area contributed by atoms with Gasteiger partial charge in [-0.3, -0.25) is 13.7 Å². The maximum absolute atomic E-state index is 13.8. The second-order valence-electron chi connectivity index (χ2n) is 8.41. The predicted molar refractivity (Wildman–Crippen MR) is 143 cm³/mol.